The number of pyridine rings is 1. The van der Waals surface area contributed by atoms with Gasteiger partial charge in [-0.2, -0.15) is 0 Å². The van der Waals surface area contributed by atoms with Gasteiger partial charge in [0.1, 0.15) is 23.6 Å². The summed E-state index contributed by atoms with van der Waals surface area (Å²) >= 11 is 12.3. The van der Waals surface area contributed by atoms with Crippen LogP contribution in [0.15, 0.2) is 79.0 Å². The van der Waals surface area contributed by atoms with Crippen molar-refractivity contribution in [3.05, 3.63) is 123 Å². The molecule has 1 aromatic heterocycles. The zero-order valence-corrected chi connectivity index (χ0v) is 25.5. The Bertz CT molecular complexity index is 1600. The SMILES string of the molecule is CCC(Oc1ccc(C2CCOc3cc4c(cc3C2)CN(Cc2ccccn2)[C@H](C(=O)O)C4)cc1)c1ccc(Cl)c(Cl)c1. The van der Waals surface area contributed by atoms with Gasteiger partial charge in [0.05, 0.1) is 22.3 Å². The zero-order chi connectivity index (χ0) is 29.9. The fourth-order valence-corrected chi connectivity index (χ4v) is 6.48. The van der Waals surface area contributed by atoms with E-state index in [1.54, 1.807) is 12.3 Å². The highest BCUT2D eigenvalue weighted by molar-refractivity contribution is 6.42. The number of benzene rings is 3. The van der Waals surface area contributed by atoms with Crippen LogP contribution in [-0.4, -0.2) is 33.6 Å². The summed E-state index contributed by atoms with van der Waals surface area (Å²) in [5.74, 6) is 1.16. The third-order valence-electron chi connectivity index (χ3n) is 8.49. The molecular formula is C35H34Cl2N2O4. The summed E-state index contributed by atoms with van der Waals surface area (Å²) in [7, 11) is 0. The summed E-state index contributed by atoms with van der Waals surface area (Å²) in [5, 5.41) is 11.1. The number of ether oxygens (including phenoxy) is 2. The molecule has 8 heteroatoms. The van der Waals surface area contributed by atoms with Crippen LogP contribution in [-0.2, 0) is 30.7 Å². The summed E-state index contributed by atoms with van der Waals surface area (Å²) in [6.07, 6.45) is 4.61. The maximum Gasteiger partial charge on any atom is 0.321 e. The smallest absolute Gasteiger partial charge is 0.321 e. The molecule has 3 heterocycles. The van der Waals surface area contributed by atoms with E-state index >= 15 is 0 Å². The first-order valence-electron chi connectivity index (χ1n) is 14.7. The number of carbonyl (C=O) groups is 1. The van der Waals surface area contributed by atoms with Gasteiger partial charge in [-0.3, -0.25) is 14.7 Å². The van der Waals surface area contributed by atoms with Crippen LogP contribution < -0.4 is 9.47 Å². The zero-order valence-electron chi connectivity index (χ0n) is 24.0. The summed E-state index contributed by atoms with van der Waals surface area (Å²) < 4.78 is 12.6. The third-order valence-corrected chi connectivity index (χ3v) is 9.23. The Morgan fingerprint density at radius 3 is 2.58 bits per heavy atom. The lowest BCUT2D eigenvalue weighted by Gasteiger charge is -2.34. The number of aliphatic carboxylic acids is 1. The number of carboxylic acids is 1. The van der Waals surface area contributed by atoms with Crippen molar-refractivity contribution in [1.29, 1.82) is 0 Å². The van der Waals surface area contributed by atoms with Crippen LogP contribution in [0.3, 0.4) is 0 Å². The second-order valence-corrected chi connectivity index (χ2v) is 12.1. The average molecular weight is 618 g/mol. The number of nitrogens with zero attached hydrogens (tertiary/aromatic N) is 2. The van der Waals surface area contributed by atoms with Crippen LogP contribution in [0.5, 0.6) is 11.5 Å². The fourth-order valence-electron chi connectivity index (χ4n) is 6.17. The van der Waals surface area contributed by atoms with Crippen molar-refractivity contribution in [2.75, 3.05) is 6.61 Å². The normalized spacial score (nSPS) is 19.0. The summed E-state index contributed by atoms with van der Waals surface area (Å²) in [4.78, 5) is 18.6. The number of aromatic nitrogens is 1. The van der Waals surface area contributed by atoms with Gasteiger partial charge in [0.2, 0.25) is 0 Å². The van der Waals surface area contributed by atoms with Crippen LogP contribution in [0.1, 0.15) is 65.3 Å². The van der Waals surface area contributed by atoms with Gasteiger partial charge in [-0.1, -0.05) is 60.5 Å². The van der Waals surface area contributed by atoms with E-state index in [-0.39, 0.29) is 6.10 Å². The molecule has 0 bridgehead atoms. The van der Waals surface area contributed by atoms with Gasteiger partial charge in [-0.25, -0.2) is 0 Å². The monoisotopic (exact) mass is 616 g/mol. The largest absolute Gasteiger partial charge is 0.493 e. The van der Waals surface area contributed by atoms with E-state index in [0.29, 0.717) is 42.1 Å². The maximum atomic E-state index is 12.2. The Labute approximate surface area is 262 Å². The van der Waals surface area contributed by atoms with Crippen molar-refractivity contribution in [2.45, 2.75) is 63.8 Å². The molecule has 222 valence electrons. The minimum atomic E-state index is -0.813. The van der Waals surface area contributed by atoms with Gasteiger partial charge < -0.3 is 14.6 Å². The molecule has 0 saturated carbocycles. The summed E-state index contributed by atoms with van der Waals surface area (Å²) in [5.41, 5.74) is 6.48. The highest BCUT2D eigenvalue weighted by atomic mass is 35.5. The Morgan fingerprint density at radius 2 is 1.86 bits per heavy atom. The van der Waals surface area contributed by atoms with E-state index < -0.39 is 12.0 Å². The molecule has 2 aliphatic heterocycles. The van der Waals surface area contributed by atoms with Crippen LogP contribution in [0, 0.1) is 0 Å². The first-order chi connectivity index (χ1) is 20.9. The van der Waals surface area contributed by atoms with Crippen LogP contribution in [0.2, 0.25) is 10.0 Å². The van der Waals surface area contributed by atoms with E-state index in [1.165, 1.54) is 11.1 Å². The van der Waals surface area contributed by atoms with Crippen molar-refractivity contribution in [3.8, 4) is 11.5 Å². The topological polar surface area (TPSA) is 71.9 Å². The van der Waals surface area contributed by atoms with Crippen LogP contribution in [0.4, 0.5) is 0 Å². The molecule has 2 unspecified atom stereocenters. The number of hydrogen-bond donors (Lipinski definition) is 1. The molecule has 0 aliphatic carbocycles. The van der Waals surface area contributed by atoms with Crippen molar-refractivity contribution in [1.82, 2.24) is 9.88 Å². The third kappa shape index (κ3) is 6.67. The highest BCUT2D eigenvalue weighted by Crippen LogP contribution is 2.38. The van der Waals surface area contributed by atoms with Gasteiger partial charge in [0, 0.05) is 19.3 Å². The number of carboxylic acid groups (broad SMARTS) is 1. The molecule has 6 nitrogen and oxygen atoms in total. The lowest BCUT2D eigenvalue weighted by molar-refractivity contribution is -0.144. The molecular weight excluding hydrogens is 583 g/mol. The van der Waals surface area contributed by atoms with E-state index in [0.717, 1.165) is 53.1 Å². The molecule has 0 amide bonds. The molecule has 0 saturated heterocycles. The van der Waals surface area contributed by atoms with Gasteiger partial charge in [-0.15, -0.1) is 0 Å². The van der Waals surface area contributed by atoms with Crippen molar-refractivity contribution in [2.24, 2.45) is 0 Å². The van der Waals surface area contributed by atoms with E-state index in [4.69, 9.17) is 32.7 Å². The Balaban J connectivity index is 1.18. The van der Waals surface area contributed by atoms with Gasteiger partial charge in [-0.05, 0) is 102 Å². The van der Waals surface area contributed by atoms with Crippen LogP contribution in [0.25, 0.3) is 0 Å². The Morgan fingerprint density at radius 1 is 1.02 bits per heavy atom. The lowest BCUT2D eigenvalue weighted by Crippen LogP contribution is -2.45. The molecule has 43 heavy (non-hydrogen) atoms. The predicted octanol–water partition coefficient (Wildman–Crippen LogP) is 8.04. The quantitative estimate of drug-likeness (QED) is 0.216. The fraction of sp³-hybridized carbons (Fsp3) is 0.314. The van der Waals surface area contributed by atoms with Gasteiger partial charge in [0.25, 0.3) is 0 Å². The number of fused-ring (bicyclic) bond motifs is 2. The molecule has 3 atom stereocenters. The lowest BCUT2D eigenvalue weighted by atomic mass is 9.86. The van der Waals surface area contributed by atoms with Crippen LogP contribution >= 0.6 is 23.2 Å². The first-order valence-corrected chi connectivity index (χ1v) is 15.5. The molecule has 0 spiro atoms. The number of halogens is 2. The second kappa shape index (κ2) is 13.0. The Kier molecular flexibility index (Phi) is 8.89. The molecule has 2 aliphatic rings. The van der Waals surface area contributed by atoms with E-state index in [2.05, 4.69) is 36.2 Å². The van der Waals surface area contributed by atoms with Crippen molar-refractivity contribution in [3.63, 3.8) is 0 Å². The summed E-state index contributed by atoms with van der Waals surface area (Å²) in [6, 6.07) is 23.5. The molecule has 0 fully saturated rings. The van der Waals surface area contributed by atoms with Crippen molar-refractivity contribution >= 4 is 29.2 Å². The first kappa shape index (κ1) is 29.5. The predicted molar refractivity (Wildman–Crippen MR) is 168 cm³/mol. The van der Waals surface area contributed by atoms with E-state index in [1.807, 2.05) is 47.4 Å². The standard InChI is InChI=1S/C35H34Cl2N2O4/c1-2-33(24-8-11-30(36)31(37)17-24)43-29-9-6-22(7-10-29)23-12-14-42-34-19-25-18-32(35(40)41)39(20-27(25)16-26(34)15-23)21-28-5-3-4-13-38-28/h3-11,13,16-17,19,23,32-33H,2,12,14-15,18,20-21H2,1H3,(H,40,41)/t23?,32-,33?/m0/s1. The van der Waals surface area contributed by atoms with E-state index in [9.17, 15) is 9.90 Å². The Hall–Kier alpha value is -3.58. The van der Waals surface area contributed by atoms with Crippen molar-refractivity contribution < 1.29 is 19.4 Å². The van der Waals surface area contributed by atoms with Gasteiger partial charge in [0.15, 0.2) is 0 Å². The molecule has 1 N–H and O–H groups in total. The highest BCUT2D eigenvalue weighted by Gasteiger charge is 2.33. The number of hydrogen-bond acceptors (Lipinski definition) is 5. The van der Waals surface area contributed by atoms with Gasteiger partial charge >= 0.3 is 5.97 Å². The molecule has 3 aromatic carbocycles. The minimum Gasteiger partial charge on any atom is -0.493 e. The molecule has 0 radical (unpaired) electrons. The average Bonchev–Trinajstić information content (AvgIpc) is 3.22. The maximum absolute atomic E-state index is 12.2. The summed E-state index contributed by atoms with van der Waals surface area (Å²) in [6.45, 7) is 3.75. The molecule has 4 aromatic rings. The number of rotatable bonds is 8. The molecule has 6 rings (SSSR count). The minimum absolute atomic E-state index is 0.122. The second-order valence-electron chi connectivity index (χ2n) is 11.3.